The van der Waals surface area contributed by atoms with E-state index in [1.807, 2.05) is 0 Å². The molecule has 0 aromatic rings. The molecule has 0 spiro atoms. The molecule has 0 aliphatic carbocycles. The highest BCUT2D eigenvalue weighted by Gasteiger charge is 2.19. The summed E-state index contributed by atoms with van der Waals surface area (Å²) in [6, 6.07) is 0. The van der Waals surface area contributed by atoms with Gasteiger partial charge in [0.25, 0.3) is 0 Å². The molecular weight excluding hydrogens is 174 g/mol. The van der Waals surface area contributed by atoms with Crippen LogP contribution in [0.15, 0.2) is 11.6 Å². The van der Waals surface area contributed by atoms with Crippen LogP contribution in [0.4, 0.5) is 0 Å². The predicted octanol–water partition coefficient (Wildman–Crippen LogP) is 2.27. The largest absolute Gasteiger partial charge is 0.374 e. The molecule has 0 atom stereocenters. The molecule has 0 bridgehead atoms. The number of rotatable bonds is 6. The fraction of sp³-hybridized carbons (Fsp3) is 0.778. The van der Waals surface area contributed by atoms with Crippen molar-refractivity contribution in [1.82, 2.24) is 0 Å². The number of nitrogens with two attached hydrogens (primary N) is 1. The Labute approximate surface area is 79.7 Å². The Hall–Kier alpha value is -0.0500. The van der Waals surface area contributed by atoms with E-state index < -0.39 is 0 Å². The fourth-order valence-electron chi connectivity index (χ4n) is 0.819. The zero-order valence-corrected chi connectivity index (χ0v) is 8.66. The first-order valence-electron chi connectivity index (χ1n) is 4.24. The molecule has 0 fully saturated rings. The van der Waals surface area contributed by atoms with Gasteiger partial charge in [0.05, 0.1) is 13.2 Å². The molecular formula is C9H18ClNO. The van der Waals surface area contributed by atoms with Crippen LogP contribution < -0.4 is 5.73 Å². The van der Waals surface area contributed by atoms with E-state index in [2.05, 4.69) is 20.4 Å². The highest BCUT2D eigenvalue weighted by molar-refractivity contribution is 6.29. The molecule has 0 heterocycles. The Morgan fingerprint density at radius 2 is 2.00 bits per heavy atom. The standard InChI is InChI=1S/C9H18ClNO/c1-4-9(11,5-2)7-12-6-8(3)10/h3-7,11H2,1-2H3. The molecule has 0 amide bonds. The first-order valence-corrected chi connectivity index (χ1v) is 4.61. The Bertz CT molecular complexity index is 143. The molecule has 0 radical (unpaired) electrons. The van der Waals surface area contributed by atoms with Crippen LogP contribution in [-0.4, -0.2) is 18.8 Å². The van der Waals surface area contributed by atoms with Crippen molar-refractivity contribution in [2.75, 3.05) is 13.2 Å². The number of hydrogen-bond donors (Lipinski definition) is 1. The van der Waals surface area contributed by atoms with E-state index in [1.54, 1.807) is 0 Å². The van der Waals surface area contributed by atoms with Crippen molar-refractivity contribution in [3.63, 3.8) is 0 Å². The van der Waals surface area contributed by atoms with Crippen LogP contribution in [0.2, 0.25) is 0 Å². The van der Waals surface area contributed by atoms with Crippen LogP contribution in [0.3, 0.4) is 0 Å². The average molecular weight is 192 g/mol. The van der Waals surface area contributed by atoms with E-state index in [0.29, 0.717) is 18.2 Å². The summed E-state index contributed by atoms with van der Waals surface area (Å²) < 4.78 is 5.29. The zero-order valence-electron chi connectivity index (χ0n) is 7.90. The van der Waals surface area contributed by atoms with Gasteiger partial charge in [-0.05, 0) is 12.8 Å². The molecule has 3 heteroatoms. The first kappa shape index (κ1) is 11.9. The van der Waals surface area contributed by atoms with Crippen molar-refractivity contribution in [2.45, 2.75) is 32.2 Å². The number of ether oxygens (including phenoxy) is 1. The summed E-state index contributed by atoms with van der Waals surface area (Å²) >= 11 is 5.53. The molecule has 0 saturated carbocycles. The lowest BCUT2D eigenvalue weighted by molar-refractivity contribution is 0.0996. The minimum absolute atomic E-state index is 0.202. The number of halogens is 1. The number of hydrogen-bond acceptors (Lipinski definition) is 2. The van der Waals surface area contributed by atoms with Gasteiger partial charge in [-0.3, -0.25) is 0 Å². The maximum absolute atomic E-state index is 5.99. The lowest BCUT2D eigenvalue weighted by Crippen LogP contribution is -2.43. The van der Waals surface area contributed by atoms with Gasteiger partial charge in [0.2, 0.25) is 0 Å². The van der Waals surface area contributed by atoms with E-state index in [4.69, 9.17) is 22.1 Å². The van der Waals surface area contributed by atoms with Crippen LogP contribution in [0.25, 0.3) is 0 Å². The predicted molar refractivity (Wildman–Crippen MR) is 53.3 cm³/mol. The van der Waals surface area contributed by atoms with Crippen molar-refractivity contribution in [1.29, 1.82) is 0 Å². The topological polar surface area (TPSA) is 35.2 Å². The lowest BCUT2D eigenvalue weighted by atomic mass is 9.96. The van der Waals surface area contributed by atoms with Gasteiger partial charge in [-0.1, -0.05) is 32.0 Å². The normalized spacial score (nSPS) is 11.7. The van der Waals surface area contributed by atoms with Crippen LogP contribution in [0.1, 0.15) is 26.7 Å². The summed E-state index contributed by atoms with van der Waals surface area (Å²) in [7, 11) is 0. The highest BCUT2D eigenvalue weighted by Crippen LogP contribution is 2.12. The summed E-state index contributed by atoms with van der Waals surface area (Å²) in [6.45, 7) is 8.58. The van der Waals surface area contributed by atoms with Gasteiger partial charge in [-0.25, -0.2) is 0 Å². The molecule has 12 heavy (non-hydrogen) atoms. The van der Waals surface area contributed by atoms with Gasteiger partial charge >= 0.3 is 0 Å². The Balaban J connectivity index is 3.65. The van der Waals surface area contributed by atoms with E-state index >= 15 is 0 Å². The average Bonchev–Trinajstić information content (AvgIpc) is 2.03. The van der Waals surface area contributed by atoms with Crippen LogP contribution in [-0.2, 0) is 4.74 Å². The minimum Gasteiger partial charge on any atom is -0.374 e. The molecule has 0 rings (SSSR count). The molecule has 2 N–H and O–H groups in total. The summed E-state index contributed by atoms with van der Waals surface area (Å²) in [5.41, 5.74) is 5.78. The second-order valence-corrected chi connectivity index (χ2v) is 3.61. The molecule has 2 nitrogen and oxygen atoms in total. The maximum Gasteiger partial charge on any atom is 0.0817 e. The highest BCUT2D eigenvalue weighted by atomic mass is 35.5. The Morgan fingerprint density at radius 3 is 2.33 bits per heavy atom. The van der Waals surface area contributed by atoms with E-state index in [-0.39, 0.29) is 5.54 Å². The molecule has 72 valence electrons. The van der Waals surface area contributed by atoms with Crippen molar-refractivity contribution in [3.8, 4) is 0 Å². The van der Waals surface area contributed by atoms with Gasteiger partial charge in [-0.15, -0.1) is 0 Å². The van der Waals surface area contributed by atoms with Crippen molar-refractivity contribution >= 4 is 11.6 Å². The third kappa shape index (κ3) is 4.75. The second kappa shape index (κ2) is 5.57. The van der Waals surface area contributed by atoms with Crippen molar-refractivity contribution < 1.29 is 4.74 Å². The van der Waals surface area contributed by atoms with Crippen molar-refractivity contribution in [2.24, 2.45) is 5.73 Å². The second-order valence-electron chi connectivity index (χ2n) is 3.08. The van der Waals surface area contributed by atoms with E-state index in [0.717, 1.165) is 12.8 Å². The van der Waals surface area contributed by atoms with Crippen LogP contribution >= 0.6 is 11.6 Å². The molecule has 0 unspecified atom stereocenters. The zero-order chi connectivity index (χ0) is 9.61. The van der Waals surface area contributed by atoms with Gasteiger partial charge in [0, 0.05) is 10.6 Å². The quantitative estimate of drug-likeness (QED) is 0.699. The van der Waals surface area contributed by atoms with Gasteiger partial charge in [-0.2, -0.15) is 0 Å². The molecule has 0 aromatic carbocycles. The summed E-state index contributed by atoms with van der Waals surface area (Å²) in [5, 5.41) is 0.518. The maximum atomic E-state index is 5.99. The monoisotopic (exact) mass is 191 g/mol. The summed E-state index contributed by atoms with van der Waals surface area (Å²) in [5.74, 6) is 0. The summed E-state index contributed by atoms with van der Waals surface area (Å²) in [6.07, 6.45) is 1.83. The SMILES string of the molecule is C=C(Cl)COCC(N)(CC)CC. The lowest BCUT2D eigenvalue weighted by Gasteiger charge is -2.26. The van der Waals surface area contributed by atoms with Crippen LogP contribution in [0, 0.1) is 0 Å². The van der Waals surface area contributed by atoms with E-state index in [1.165, 1.54) is 0 Å². The van der Waals surface area contributed by atoms with Crippen molar-refractivity contribution in [3.05, 3.63) is 11.6 Å². The fourth-order valence-corrected chi connectivity index (χ4v) is 0.896. The van der Waals surface area contributed by atoms with Gasteiger partial charge < -0.3 is 10.5 Å². The third-order valence-electron chi connectivity index (χ3n) is 2.06. The van der Waals surface area contributed by atoms with E-state index in [9.17, 15) is 0 Å². The van der Waals surface area contributed by atoms with Gasteiger partial charge in [0.1, 0.15) is 0 Å². The molecule has 0 aromatic heterocycles. The molecule has 0 aliphatic rings. The Morgan fingerprint density at radius 1 is 1.50 bits per heavy atom. The summed E-state index contributed by atoms with van der Waals surface area (Å²) in [4.78, 5) is 0. The third-order valence-corrected chi connectivity index (χ3v) is 2.17. The molecule has 0 aliphatic heterocycles. The first-order chi connectivity index (χ1) is 5.54. The Kier molecular flexibility index (Phi) is 5.55. The minimum atomic E-state index is -0.202. The smallest absolute Gasteiger partial charge is 0.0817 e. The van der Waals surface area contributed by atoms with Gasteiger partial charge in [0.15, 0.2) is 0 Å². The van der Waals surface area contributed by atoms with Crippen LogP contribution in [0.5, 0.6) is 0 Å². The molecule has 0 saturated heterocycles.